The summed E-state index contributed by atoms with van der Waals surface area (Å²) in [4.78, 5) is 52.6. The van der Waals surface area contributed by atoms with Gasteiger partial charge >= 0.3 is 5.97 Å². The van der Waals surface area contributed by atoms with Crippen molar-refractivity contribution in [2.45, 2.75) is 57.5 Å². The number of anilines is 2. The van der Waals surface area contributed by atoms with Gasteiger partial charge in [-0.15, -0.1) is 0 Å². The zero-order chi connectivity index (χ0) is 28.8. The van der Waals surface area contributed by atoms with Gasteiger partial charge < -0.3 is 29.5 Å². The average Bonchev–Trinajstić information content (AvgIpc) is 3.44. The third-order valence-corrected chi connectivity index (χ3v) is 7.69. The predicted octanol–water partition coefficient (Wildman–Crippen LogP) is 3.44. The first-order chi connectivity index (χ1) is 19.1. The van der Waals surface area contributed by atoms with E-state index in [1.807, 2.05) is 51.1 Å². The molecule has 0 bridgehead atoms. The fourth-order valence-corrected chi connectivity index (χ4v) is 5.80. The Morgan fingerprint density at radius 3 is 2.52 bits per heavy atom. The Bertz CT molecular complexity index is 1510. The second-order valence-electron chi connectivity index (χ2n) is 10.8. The molecule has 1 amide bonds. The van der Waals surface area contributed by atoms with E-state index in [-0.39, 0.29) is 41.3 Å². The molecule has 10 heteroatoms. The fourth-order valence-electron chi connectivity index (χ4n) is 5.80. The molecule has 4 atom stereocenters. The van der Waals surface area contributed by atoms with E-state index in [2.05, 4.69) is 5.32 Å². The molecule has 40 heavy (non-hydrogen) atoms. The van der Waals surface area contributed by atoms with Crippen LogP contribution in [0.2, 0.25) is 0 Å². The minimum atomic E-state index is -0.863. The number of likely N-dealkylation sites (tertiary alicyclic amines) is 1. The molecule has 0 radical (unpaired) electrons. The van der Waals surface area contributed by atoms with Crippen LogP contribution in [0.4, 0.5) is 11.4 Å². The summed E-state index contributed by atoms with van der Waals surface area (Å²) in [5, 5.41) is 13.9. The minimum absolute atomic E-state index is 0.0435. The standard InChI is InChI=1S/C30H32N2O8/c1-5-20(16-10-7-6-8-11-16)39-27-22(25(34)26(27)35)31-19-13-9-12-17(24(19)33)28(36)32-15-21-18(14-30(2,3)40-21)23(32)29(37)38-4/h6-13,18,20-21,23,31,33H,5,14-15H2,1-4H3/t18-,20+,21-,23-/m0/s1. The molecule has 2 aliphatic rings. The first-order valence-electron chi connectivity index (χ1n) is 13.3. The maximum absolute atomic E-state index is 13.7. The van der Waals surface area contributed by atoms with Crippen molar-refractivity contribution in [3.63, 3.8) is 0 Å². The lowest BCUT2D eigenvalue weighted by Gasteiger charge is -2.28. The van der Waals surface area contributed by atoms with E-state index in [0.29, 0.717) is 12.8 Å². The molecule has 10 nitrogen and oxygen atoms in total. The second kappa shape index (κ2) is 10.4. The highest BCUT2D eigenvalue weighted by Gasteiger charge is 2.56. The molecule has 2 N–H and O–H groups in total. The van der Waals surface area contributed by atoms with Crippen molar-refractivity contribution < 1.29 is 28.9 Å². The highest BCUT2D eigenvalue weighted by atomic mass is 16.5. The quantitative estimate of drug-likeness (QED) is 0.247. The topological polar surface area (TPSA) is 131 Å². The van der Waals surface area contributed by atoms with E-state index in [0.717, 1.165) is 5.56 Å². The highest BCUT2D eigenvalue weighted by Crippen LogP contribution is 2.44. The Kier molecular flexibility index (Phi) is 7.14. The molecule has 0 aliphatic carbocycles. The van der Waals surface area contributed by atoms with E-state index < -0.39 is 46.2 Å². The van der Waals surface area contributed by atoms with Gasteiger partial charge in [0, 0.05) is 12.5 Å². The number of esters is 1. The molecule has 0 spiro atoms. The number of hydrogen-bond donors (Lipinski definition) is 2. The number of ether oxygens (including phenoxy) is 3. The summed E-state index contributed by atoms with van der Waals surface area (Å²) < 4.78 is 17.0. The van der Waals surface area contributed by atoms with Gasteiger partial charge in [-0.05, 0) is 44.4 Å². The van der Waals surface area contributed by atoms with Gasteiger partial charge in [-0.25, -0.2) is 4.79 Å². The third kappa shape index (κ3) is 4.72. The van der Waals surface area contributed by atoms with Crippen molar-refractivity contribution in [2.24, 2.45) is 5.92 Å². The molecule has 3 aromatic rings. The number of nitrogens with zero attached hydrogens (tertiary/aromatic N) is 1. The second-order valence-corrected chi connectivity index (χ2v) is 10.8. The number of carbonyl (C=O) groups excluding carboxylic acids is 2. The molecule has 5 rings (SSSR count). The first-order valence-corrected chi connectivity index (χ1v) is 13.3. The van der Waals surface area contributed by atoms with Gasteiger partial charge in [-0.1, -0.05) is 43.3 Å². The molecular weight excluding hydrogens is 516 g/mol. The van der Waals surface area contributed by atoms with Crippen molar-refractivity contribution in [3.8, 4) is 11.5 Å². The number of amides is 1. The minimum Gasteiger partial charge on any atom is -0.505 e. The van der Waals surface area contributed by atoms with Crippen LogP contribution in [0.15, 0.2) is 58.1 Å². The van der Waals surface area contributed by atoms with E-state index in [1.165, 1.54) is 30.2 Å². The number of benzene rings is 2. The predicted molar refractivity (Wildman–Crippen MR) is 147 cm³/mol. The maximum atomic E-state index is 13.7. The van der Waals surface area contributed by atoms with Crippen LogP contribution in [0.25, 0.3) is 0 Å². The summed E-state index contributed by atoms with van der Waals surface area (Å²) >= 11 is 0. The monoisotopic (exact) mass is 548 g/mol. The van der Waals surface area contributed by atoms with Gasteiger partial charge in [-0.2, -0.15) is 0 Å². The van der Waals surface area contributed by atoms with Crippen LogP contribution in [0, 0.1) is 5.92 Å². The third-order valence-electron chi connectivity index (χ3n) is 7.69. The summed E-state index contributed by atoms with van der Waals surface area (Å²) in [7, 11) is 1.27. The van der Waals surface area contributed by atoms with Gasteiger partial charge in [0.1, 0.15) is 17.8 Å². The lowest BCUT2D eigenvalue weighted by molar-refractivity contribution is -0.146. The van der Waals surface area contributed by atoms with Gasteiger partial charge in [-0.3, -0.25) is 14.4 Å². The van der Waals surface area contributed by atoms with Crippen LogP contribution in [0.3, 0.4) is 0 Å². The van der Waals surface area contributed by atoms with Crippen LogP contribution >= 0.6 is 0 Å². The molecule has 2 aliphatic heterocycles. The number of phenols is 1. The molecule has 0 aromatic heterocycles. The molecule has 0 saturated carbocycles. The van der Waals surface area contributed by atoms with E-state index in [4.69, 9.17) is 14.2 Å². The van der Waals surface area contributed by atoms with Crippen LogP contribution in [0.1, 0.15) is 55.6 Å². The van der Waals surface area contributed by atoms with E-state index in [1.54, 1.807) is 0 Å². The Labute approximate surface area is 231 Å². The summed E-state index contributed by atoms with van der Waals surface area (Å²) in [5.41, 5.74) is -1.26. The number of nitrogens with one attached hydrogen (secondary N) is 1. The molecule has 3 aromatic carbocycles. The van der Waals surface area contributed by atoms with Crippen molar-refractivity contribution >= 4 is 23.3 Å². The van der Waals surface area contributed by atoms with E-state index >= 15 is 0 Å². The van der Waals surface area contributed by atoms with Crippen LogP contribution in [-0.2, 0) is 14.3 Å². The maximum Gasteiger partial charge on any atom is 0.328 e. The van der Waals surface area contributed by atoms with Crippen molar-refractivity contribution in [1.82, 2.24) is 4.90 Å². The van der Waals surface area contributed by atoms with E-state index in [9.17, 15) is 24.3 Å². The zero-order valence-corrected chi connectivity index (χ0v) is 22.8. The number of phenolic OH excluding ortho intramolecular Hbond substituents is 1. The first kappa shape index (κ1) is 27.4. The van der Waals surface area contributed by atoms with Gasteiger partial charge in [0.2, 0.25) is 0 Å². The number of fused-ring (bicyclic) bond motifs is 1. The Balaban J connectivity index is 1.40. The van der Waals surface area contributed by atoms with Crippen molar-refractivity contribution in [1.29, 1.82) is 0 Å². The fraction of sp³-hybridized carbons (Fsp3) is 0.400. The smallest absolute Gasteiger partial charge is 0.328 e. The van der Waals surface area contributed by atoms with Crippen molar-refractivity contribution in [2.75, 3.05) is 19.0 Å². The molecular formula is C30H32N2O8. The van der Waals surface area contributed by atoms with Crippen LogP contribution < -0.4 is 20.9 Å². The summed E-state index contributed by atoms with van der Waals surface area (Å²) in [6, 6.07) is 12.9. The summed E-state index contributed by atoms with van der Waals surface area (Å²) in [5.74, 6) is -1.93. The van der Waals surface area contributed by atoms with Crippen LogP contribution in [0.5, 0.6) is 11.5 Å². The average molecular weight is 549 g/mol. The molecule has 210 valence electrons. The van der Waals surface area contributed by atoms with Gasteiger partial charge in [0.15, 0.2) is 11.5 Å². The lowest BCUT2D eigenvalue weighted by Crippen LogP contribution is -2.45. The number of rotatable bonds is 8. The van der Waals surface area contributed by atoms with Crippen molar-refractivity contribution in [3.05, 3.63) is 80.1 Å². The Hall–Kier alpha value is -4.18. The SMILES string of the molecule is CC[C@@H](Oc1c(Nc2cccc(C(=O)N3C[C@@H]4OC(C)(C)C[C@@H]4[C@H]3C(=O)OC)c2O)c(=O)c1=O)c1ccccc1. The van der Waals surface area contributed by atoms with Crippen LogP contribution in [-0.4, -0.2) is 53.3 Å². The number of methoxy groups -OCH3 is 1. The summed E-state index contributed by atoms with van der Waals surface area (Å²) in [6.45, 7) is 5.94. The zero-order valence-electron chi connectivity index (χ0n) is 22.8. The number of carbonyl (C=O) groups is 2. The molecule has 0 unspecified atom stereocenters. The molecule has 2 fully saturated rings. The lowest BCUT2D eigenvalue weighted by atomic mass is 9.90. The summed E-state index contributed by atoms with van der Waals surface area (Å²) in [6.07, 6.45) is 0.330. The Morgan fingerprint density at radius 1 is 1.12 bits per heavy atom. The highest BCUT2D eigenvalue weighted by molar-refractivity contribution is 6.01. The number of hydrogen-bond acceptors (Lipinski definition) is 9. The largest absolute Gasteiger partial charge is 0.505 e. The molecule has 2 heterocycles. The number of para-hydroxylation sites is 1. The number of aromatic hydroxyl groups is 1. The van der Waals surface area contributed by atoms with Gasteiger partial charge in [0.05, 0.1) is 30.1 Å². The normalized spacial score (nSPS) is 22.1. The van der Waals surface area contributed by atoms with Gasteiger partial charge in [0.25, 0.3) is 16.8 Å². The Morgan fingerprint density at radius 2 is 1.85 bits per heavy atom. The molecule has 2 saturated heterocycles.